The Morgan fingerprint density at radius 3 is 2.16 bits per heavy atom. The Bertz CT molecular complexity index is 1660. The van der Waals surface area contributed by atoms with Crippen molar-refractivity contribution in [3.8, 4) is 11.5 Å². The zero-order valence-electron chi connectivity index (χ0n) is 24.0. The van der Waals surface area contributed by atoms with E-state index >= 15 is 0 Å². The minimum atomic E-state index is -3.95. The van der Waals surface area contributed by atoms with Crippen LogP contribution in [0.15, 0.2) is 121 Å². The summed E-state index contributed by atoms with van der Waals surface area (Å²) in [5, 5.41) is 2.79. The molecule has 228 valence electrons. The van der Waals surface area contributed by atoms with Gasteiger partial charge in [0.05, 0.1) is 12.0 Å². The number of halogens is 1. The van der Waals surface area contributed by atoms with Gasteiger partial charge in [0.15, 0.2) is 6.61 Å². The third-order valence-electron chi connectivity index (χ3n) is 6.52. The van der Waals surface area contributed by atoms with Gasteiger partial charge in [0, 0.05) is 18.8 Å². The Hall–Kier alpha value is -5.16. The first-order valence-corrected chi connectivity index (χ1v) is 15.1. The topological polar surface area (TPSA) is 114 Å². The number of hydrogen-bond donors (Lipinski definition) is 2. The van der Waals surface area contributed by atoms with E-state index in [9.17, 15) is 22.4 Å². The summed E-state index contributed by atoms with van der Waals surface area (Å²) < 4.78 is 52.1. The molecule has 0 spiro atoms. The summed E-state index contributed by atoms with van der Waals surface area (Å²) in [6.07, 6.45) is 1.55. The van der Waals surface area contributed by atoms with E-state index in [0.29, 0.717) is 11.3 Å². The van der Waals surface area contributed by atoms with E-state index in [1.165, 1.54) is 41.3 Å². The maximum Gasteiger partial charge on any atom is 0.261 e. The molecule has 0 unspecified atom stereocenters. The van der Waals surface area contributed by atoms with E-state index < -0.39 is 34.4 Å². The molecule has 11 heteroatoms. The predicted octanol–water partition coefficient (Wildman–Crippen LogP) is 5.09. The molecule has 4 aromatic rings. The van der Waals surface area contributed by atoms with Crippen molar-refractivity contribution in [3.05, 3.63) is 133 Å². The van der Waals surface area contributed by atoms with E-state index in [-0.39, 0.29) is 35.3 Å². The quantitative estimate of drug-likeness (QED) is 0.191. The number of benzene rings is 4. The predicted molar refractivity (Wildman–Crippen MR) is 165 cm³/mol. The van der Waals surface area contributed by atoms with Gasteiger partial charge in [0.2, 0.25) is 5.91 Å². The molecule has 0 saturated heterocycles. The fourth-order valence-electron chi connectivity index (χ4n) is 4.30. The Morgan fingerprint density at radius 2 is 1.55 bits per heavy atom. The van der Waals surface area contributed by atoms with Gasteiger partial charge in [-0.15, -0.1) is 6.58 Å². The van der Waals surface area contributed by atoms with Crippen molar-refractivity contribution >= 4 is 27.5 Å². The minimum absolute atomic E-state index is 0.0512. The molecule has 2 amide bonds. The molecular formula is C33H32FN3O6S. The summed E-state index contributed by atoms with van der Waals surface area (Å²) in [4.78, 5) is 28.5. The van der Waals surface area contributed by atoms with Gasteiger partial charge >= 0.3 is 0 Å². The van der Waals surface area contributed by atoms with E-state index in [1.807, 2.05) is 18.2 Å². The minimum Gasteiger partial charge on any atom is -0.497 e. The Morgan fingerprint density at radius 1 is 0.909 bits per heavy atom. The van der Waals surface area contributed by atoms with Gasteiger partial charge in [-0.25, -0.2) is 12.8 Å². The number of ether oxygens (including phenoxy) is 2. The van der Waals surface area contributed by atoms with Crippen LogP contribution in [0.25, 0.3) is 0 Å². The van der Waals surface area contributed by atoms with Gasteiger partial charge in [-0.2, -0.15) is 0 Å². The van der Waals surface area contributed by atoms with Crippen molar-refractivity contribution in [1.29, 1.82) is 0 Å². The zero-order chi connectivity index (χ0) is 31.5. The Balaban J connectivity index is 1.54. The molecule has 1 atom stereocenters. The summed E-state index contributed by atoms with van der Waals surface area (Å²) >= 11 is 0. The number of methoxy groups -OCH3 is 1. The maximum atomic E-state index is 13.7. The highest BCUT2D eigenvalue weighted by Crippen LogP contribution is 2.26. The monoisotopic (exact) mass is 617 g/mol. The zero-order valence-corrected chi connectivity index (χ0v) is 24.8. The summed E-state index contributed by atoms with van der Waals surface area (Å²) in [5.74, 6) is -0.453. The van der Waals surface area contributed by atoms with Crippen LogP contribution in [0.2, 0.25) is 0 Å². The second-order valence-electron chi connectivity index (χ2n) is 9.59. The van der Waals surface area contributed by atoms with Crippen molar-refractivity contribution in [2.24, 2.45) is 0 Å². The van der Waals surface area contributed by atoms with Crippen LogP contribution in [-0.2, 0) is 26.2 Å². The average Bonchev–Trinajstić information content (AvgIpc) is 3.04. The first-order valence-electron chi connectivity index (χ1n) is 13.6. The molecule has 0 heterocycles. The molecule has 0 saturated carbocycles. The smallest absolute Gasteiger partial charge is 0.261 e. The lowest BCUT2D eigenvalue weighted by Crippen LogP contribution is -2.45. The standard InChI is InChI=1S/C33H32FN3O6S/c1-3-21-35-33(39)32(25-7-5-4-6-8-25)37(22-24-9-15-28(42-2)16-10-24)31(38)23-43-29-17-19-30(20-18-29)44(40,41)36-27-13-11-26(34)12-14-27/h3-20,32,36H,1,21-23H2,2H3,(H,35,39)/t32-/m0/s1. The molecule has 9 nitrogen and oxygen atoms in total. The lowest BCUT2D eigenvalue weighted by Gasteiger charge is -2.31. The summed E-state index contributed by atoms with van der Waals surface area (Å²) in [7, 11) is -2.39. The van der Waals surface area contributed by atoms with Gasteiger partial charge in [0.25, 0.3) is 15.9 Å². The van der Waals surface area contributed by atoms with Gasteiger partial charge in [-0.1, -0.05) is 48.5 Å². The second kappa shape index (κ2) is 14.8. The molecule has 0 radical (unpaired) electrons. The highest BCUT2D eigenvalue weighted by molar-refractivity contribution is 7.92. The van der Waals surface area contributed by atoms with Crippen LogP contribution in [0, 0.1) is 5.82 Å². The van der Waals surface area contributed by atoms with Gasteiger partial charge in [0.1, 0.15) is 23.4 Å². The lowest BCUT2D eigenvalue weighted by atomic mass is 10.0. The Labute approximate surface area is 256 Å². The maximum absolute atomic E-state index is 13.7. The summed E-state index contributed by atoms with van der Waals surface area (Å²) in [5.41, 5.74) is 1.58. The number of hydrogen-bond acceptors (Lipinski definition) is 6. The van der Waals surface area contributed by atoms with Crippen LogP contribution in [0.1, 0.15) is 17.2 Å². The third-order valence-corrected chi connectivity index (χ3v) is 7.92. The molecular weight excluding hydrogens is 585 g/mol. The third kappa shape index (κ3) is 8.45. The second-order valence-corrected chi connectivity index (χ2v) is 11.3. The number of anilines is 1. The van der Waals surface area contributed by atoms with Crippen molar-refractivity contribution in [2.75, 3.05) is 25.0 Å². The molecule has 0 aliphatic rings. The van der Waals surface area contributed by atoms with Crippen molar-refractivity contribution in [3.63, 3.8) is 0 Å². The fourth-order valence-corrected chi connectivity index (χ4v) is 5.36. The largest absolute Gasteiger partial charge is 0.497 e. The molecule has 0 aliphatic heterocycles. The number of nitrogens with one attached hydrogen (secondary N) is 2. The average molecular weight is 618 g/mol. The first-order chi connectivity index (χ1) is 21.2. The van der Waals surface area contributed by atoms with Crippen LogP contribution >= 0.6 is 0 Å². The van der Waals surface area contributed by atoms with Crippen LogP contribution in [0.3, 0.4) is 0 Å². The highest BCUT2D eigenvalue weighted by Gasteiger charge is 2.31. The normalized spacial score (nSPS) is 11.6. The van der Waals surface area contributed by atoms with Crippen molar-refractivity contribution < 1.29 is 31.9 Å². The summed E-state index contributed by atoms with van der Waals surface area (Å²) in [6.45, 7) is 3.55. The van der Waals surface area contributed by atoms with Gasteiger partial charge in [-0.05, 0) is 71.8 Å². The van der Waals surface area contributed by atoms with E-state index in [1.54, 1.807) is 49.6 Å². The molecule has 44 heavy (non-hydrogen) atoms. The number of sulfonamides is 1. The number of rotatable bonds is 14. The lowest BCUT2D eigenvalue weighted by molar-refractivity contribution is -0.143. The SMILES string of the molecule is C=CCNC(=O)[C@H](c1ccccc1)N(Cc1ccc(OC)cc1)C(=O)COc1ccc(S(=O)(=O)Nc2ccc(F)cc2)cc1. The van der Waals surface area contributed by atoms with E-state index in [0.717, 1.165) is 17.7 Å². The first kappa shape index (κ1) is 31.8. The van der Waals surface area contributed by atoms with E-state index in [2.05, 4.69) is 16.6 Å². The number of nitrogens with zero attached hydrogens (tertiary/aromatic N) is 1. The highest BCUT2D eigenvalue weighted by atomic mass is 32.2. The van der Waals surface area contributed by atoms with Gasteiger partial charge < -0.3 is 19.7 Å². The van der Waals surface area contributed by atoms with Crippen LogP contribution in [0.5, 0.6) is 11.5 Å². The van der Waals surface area contributed by atoms with Crippen LogP contribution < -0.4 is 19.5 Å². The van der Waals surface area contributed by atoms with E-state index in [4.69, 9.17) is 9.47 Å². The number of carbonyl (C=O) groups is 2. The van der Waals surface area contributed by atoms with Crippen molar-refractivity contribution in [1.82, 2.24) is 10.2 Å². The number of carbonyl (C=O) groups excluding carboxylic acids is 2. The Kier molecular flexibility index (Phi) is 10.7. The fraction of sp³-hybridized carbons (Fsp3) is 0.152. The molecule has 0 aromatic heterocycles. The molecule has 4 aromatic carbocycles. The van der Waals surface area contributed by atoms with Crippen molar-refractivity contribution in [2.45, 2.75) is 17.5 Å². The van der Waals surface area contributed by atoms with Crippen LogP contribution in [-0.4, -0.2) is 45.4 Å². The molecule has 4 rings (SSSR count). The molecule has 0 aliphatic carbocycles. The molecule has 0 fully saturated rings. The molecule has 2 N–H and O–H groups in total. The number of amides is 2. The van der Waals surface area contributed by atoms with Crippen LogP contribution in [0.4, 0.5) is 10.1 Å². The summed E-state index contributed by atoms with van der Waals surface area (Å²) in [6, 6.07) is 25.5. The molecule has 0 bridgehead atoms. The van der Waals surface area contributed by atoms with Gasteiger partial charge in [-0.3, -0.25) is 14.3 Å².